The third-order valence-corrected chi connectivity index (χ3v) is 13.5. The fraction of sp³-hybridized carbons (Fsp3) is 1.00. The predicted octanol–water partition coefficient (Wildman–Crippen LogP) is 8.88. The smallest absolute Gasteiger partial charge is 0.418 e. The highest BCUT2D eigenvalue weighted by Crippen LogP contribution is 2.35. The fourth-order valence-electron chi connectivity index (χ4n) is 5.54. The summed E-state index contributed by atoms with van der Waals surface area (Å²) in [6.07, 6.45) is 27.9. The van der Waals surface area contributed by atoms with E-state index in [2.05, 4.69) is 20.8 Å². The molecule has 2 fully saturated rings. The topological polar surface area (TPSA) is 36.9 Å². The van der Waals surface area contributed by atoms with E-state index in [1.165, 1.54) is 115 Å². The van der Waals surface area contributed by atoms with Crippen LogP contribution in [0.25, 0.3) is 0 Å². The highest BCUT2D eigenvalue weighted by atomic mass is 28.4. The highest BCUT2D eigenvalue weighted by Gasteiger charge is 2.49. The molecule has 2 heterocycles. The summed E-state index contributed by atoms with van der Waals surface area (Å²) in [6, 6.07) is 2.23. The Morgan fingerprint density at radius 3 is 1.80 bits per heavy atom. The maximum atomic E-state index is 6.54. The molecule has 35 heavy (non-hydrogen) atoms. The summed E-state index contributed by atoms with van der Waals surface area (Å²) in [6.45, 7) is 8.42. The van der Waals surface area contributed by atoms with Gasteiger partial charge in [0.1, 0.15) is 0 Å². The summed E-state index contributed by atoms with van der Waals surface area (Å²) in [7, 11) is -3.77. The van der Waals surface area contributed by atoms with Gasteiger partial charge in [-0.3, -0.25) is 0 Å². The molecule has 2 aliphatic rings. The first kappa shape index (κ1) is 31.5. The number of rotatable bonds is 21. The number of unbranched alkanes of at least 4 members (excludes halogenated alkanes) is 15. The summed E-state index contributed by atoms with van der Waals surface area (Å²) >= 11 is 0. The average molecular weight is 529 g/mol. The average Bonchev–Trinajstić information content (AvgIpc) is 2.85. The molecule has 0 amide bonds. The standard InChI is InChI=1S/C29H60O4Si2/c1-4-5-6-7-8-9-10-11-12-13-14-15-16-17-18-19-25-31-35(27-22-23-29(2,3)33-35)32-28-34-26-21-20-24-30-34/h34H,4-28H2,1-3H3. The van der Waals surface area contributed by atoms with Crippen LogP contribution in [0, 0.1) is 0 Å². The Kier molecular flexibility index (Phi) is 17.4. The van der Waals surface area contributed by atoms with Crippen LogP contribution in [0.3, 0.4) is 0 Å². The number of hydrogen-bond donors (Lipinski definition) is 0. The molecule has 0 aliphatic carbocycles. The molecule has 2 aliphatic heterocycles. The van der Waals surface area contributed by atoms with Crippen LogP contribution in [0.15, 0.2) is 0 Å². The molecule has 4 nitrogen and oxygen atoms in total. The summed E-state index contributed by atoms with van der Waals surface area (Å²) < 4.78 is 25.6. The van der Waals surface area contributed by atoms with Crippen LogP contribution in [0.1, 0.15) is 149 Å². The summed E-state index contributed by atoms with van der Waals surface area (Å²) in [5, 5.41) is 0. The van der Waals surface area contributed by atoms with Gasteiger partial charge in [-0.1, -0.05) is 110 Å². The van der Waals surface area contributed by atoms with Crippen molar-refractivity contribution < 1.29 is 17.7 Å². The van der Waals surface area contributed by atoms with Crippen molar-refractivity contribution in [1.82, 2.24) is 0 Å². The van der Waals surface area contributed by atoms with Gasteiger partial charge in [-0.2, -0.15) is 0 Å². The van der Waals surface area contributed by atoms with E-state index < -0.39 is 17.8 Å². The Labute approximate surface area is 221 Å². The van der Waals surface area contributed by atoms with E-state index in [0.717, 1.165) is 44.8 Å². The lowest BCUT2D eigenvalue weighted by Crippen LogP contribution is -2.55. The Hall–Kier alpha value is 0.274. The molecule has 6 heteroatoms. The lowest BCUT2D eigenvalue weighted by atomic mass is 10.0. The molecule has 208 valence electrons. The van der Waals surface area contributed by atoms with Crippen LogP contribution in [0.4, 0.5) is 0 Å². The van der Waals surface area contributed by atoms with E-state index in [4.69, 9.17) is 17.7 Å². The van der Waals surface area contributed by atoms with E-state index in [9.17, 15) is 0 Å². The van der Waals surface area contributed by atoms with Crippen molar-refractivity contribution in [3.63, 3.8) is 0 Å². The third kappa shape index (κ3) is 15.3. The van der Waals surface area contributed by atoms with Gasteiger partial charge in [0, 0.05) is 19.3 Å². The van der Waals surface area contributed by atoms with E-state index in [0.29, 0.717) is 0 Å². The second kappa shape index (κ2) is 19.4. The van der Waals surface area contributed by atoms with Crippen LogP contribution in [-0.4, -0.2) is 42.9 Å². The molecule has 0 aromatic rings. The molecule has 2 saturated heterocycles. The van der Waals surface area contributed by atoms with Gasteiger partial charge in [-0.15, -0.1) is 0 Å². The second-order valence-corrected chi connectivity index (χ2v) is 17.0. The van der Waals surface area contributed by atoms with Crippen LogP contribution in [0.2, 0.25) is 12.1 Å². The van der Waals surface area contributed by atoms with E-state index in [1.54, 1.807) is 0 Å². The molecule has 0 bridgehead atoms. The van der Waals surface area contributed by atoms with Crippen molar-refractivity contribution in [1.29, 1.82) is 0 Å². The summed E-state index contributed by atoms with van der Waals surface area (Å²) in [5.74, 6) is 0. The zero-order valence-electron chi connectivity index (χ0n) is 23.9. The van der Waals surface area contributed by atoms with Crippen LogP contribution < -0.4 is 0 Å². The monoisotopic (exact) mass is 528 g/mol. The maximum Gasteiger partial charge on any atom is 0.501 e. The van der Waals surface area contributed by atoms with Gasteiger partial charge in [-0.25, -0.2) is 0 Å². The Balaban J connectivity index is 1.46. The van der Waals surface area contributed by atoms with Gasteiger partial charge >= 0.3 is 8.80 Å². The zero-order valence-corrected chi connectivity index (χ0v) is 26.0. The van der Waals surface area contributed by atoms with Gasteiger partial charge < -0.3 is 17.7 Å². The largest absolute Gasteiger partial charge is 0.501 e. The van der Waals surface area contributed by atoms with Gasteiger partial charge in [0.05, 0.1) is 11.8 Å². The molecular weight excluding hydrogens is 468 g/mol. The minimum atomic E-state index is -2.56. The van der Waals surface area contributed by atoms with Crippen molar-refractivity contribution in [3.8, 4) is 0 Å². The van der Waals surface area contributed by atoms with Gasteiger partial charge in [0.25, 0.3) is 0 Å². The molecule has 0 spiro atoms. The van der Waals surface area contributed by atoms with Gasteiger partial charge in [-0.05, 0) is 45.6 Å². The first-order valence-corrected chi connectivity index (χ1v) is 19.7. The quantitative estimate of drug-likeness (QED) is 0.110. The third-order valence-electron chi connectivity index (χ3n) is 7.78. The lowest BCUT2D eigenvalue weighted by molar-refractivity contribution is -0.0307. The maximum absolute atomic E-state index is 6.54. The van der Waals surface area contributed by atoms with Gasteiger partial charge in [0.2, 0.25) is 9.04 Å². The number of hydrogen-bond acceptors (Lipinski definition) is 4. The highest BCUT2D eigenvalue weighted by molar-refractivity contribution is 6.62. The van der Waals surface area contributed by atoms with Crippen LogP contribution in [-0.2, 0) is 17.7 Å². The van der Waals surface area contributed by atoms with Crippen LogP contribution >= 0.6 is 0 Å². The van der Waals surface area contributed by atoms with Gasteiger partial charge in [0.15, 0.2) is 0 Å². The molecular formula is C29H60O4Si2. The second-order valence-electron chi connectivity index (χ2n) is 11.8. The zero-order chi connectivity index (χ0) is 25.1. The summed E-state index contributed by atoms with van der Waals surface area (Å²) in [4.78, 5) is 0. The first-order chi connectivity index (χ1) is 17.1. The Bertz CT molecular complexity index is 499. The van der Waals surface area contributed by atoms with Crippen molar-refractivity contribution in [2.45, 2.75) is 167 Å². The molecule has 0 aromatic heterocycles. The summed E-state index contributed by atoms with van der Waals surface area (Å²) in [5.41, 5.74) is -0.117. The van der Waals surface area contributed by atoms with E-state index >= 15 is 0 Å². The fourth-order valence-corrected chi connectivity index (χ4v) is 11.6. The Morgan fingerprint density at radius 1 is 0.714 bits per heavy atom. The molecule has 0 saturated carbocycles. The molecule has 0 aromatic carbocycles. The van der Waals surface area contributed by atoms with E-state index in [-0.39, 0.29) is 5.60 Å². The van der Waals surface area contributed by atoms with Crippen molar-refractivity contribution in [2.75, 3.05) is 19.4 Å². The van der Waals surface area contributed by atoms with Crippen molar-refractivity contribution in [3.05, 3.63) is 0 Å². The minimum Gasteiger partial charge on any atom is -0.418 e. The first-order valence-electron chi connectivity index (χ1n) is 15.6. The van der Waals surface area contributed by atoms with E-state index in [1.807, 2.05) is 0 Å². The molecule has 0 N–H and O–H groups in total. The molecule has 0 radical (unpaired) electrons. The van der Waals surface area contributed by atoms with Crippen molar-refractivity contribution >= 4 is 17.8 Å². The van der Waals surface area contributed by atoms with Crippen molar-refractivity contribution in [2.24, 2.45) is 0 Å². The minimum absolute atomic E-state index is 0.117. The molecule has 2 unspecified atom stereocenters. The Morgan fingerprint density at radius 2 is 1.29 bits per heavy atom. The normalized spacial score (nSPS) is 24.6. The predicted molar refractivity (Wildman–Crippen MR) is 154 cm³/mol. The van der Waals surface area contributed by atoms with Crippen LogP contribution in [0.5, 0.6) is 0 Å². The molecule has 2 atom stereocenters. The SMILES string of the molecule is CCCCCCCCCCCCCCCCCCO[Si]1(OC[SiH]2CCCCO2)CCCC(C)(C)O1. The molecule has 2 rings (SSSR count). The lowest BCUT2D eigenvalue weighted by Gasteiger charge is -2.42.